The second-order valence-electron chi connectivity index (χ2n) is 4.12. The normalized spacial score (nSPS) is 13.5. The minimum atomic E-state index is -0.465. The SMILES string of the molecule is C#CCOC(=O)c1ccc(NC(=O)C2CC2)cc1. The highest BCUT2D eigenvalue weighted by molar-refractivity contribution is 5.95. The van der Waals surface area contributed by atoms with Gasteiger partial charge >= 0.3 is 5.97 Å². The van der Waals surface area contributed by atoms with Crippen molar-refractivity contribution in [3.63, 3.8) is 0 Å². The van der Waals surface area contributed by atoms with Crippen LogP contribution in [0, 0.1) is 18.3 Å². The van der Waals surface area contributed by atoms with Gasteiger partial charge in [-0.05, 0) is 37.1 Å². The Kier molecular flexibility index (Phi) is 3.63. The van der Waals surface area contributed by atoms with Crippen LogP contribution in [-0.2, 0) is 9.53 Å². The smallest absolute Gasteiger partial charge is 0.339 e. The number of rotatable bonds is 4. The molecule has 1 aromatic carbocycles. The maximum absolute atomic E-state index is 11.5. The second-order valence-corrected chi connectivity index (χ2v) is 4.12. The van der Waals surface area contributed by atoms with E-state index in [9.17, 15) is 9.59 Å². The zero-order chi connectivity index (χ0) is 13.0. The van der Waals surface area contributed by atoms with Gasteiger partial charge in [-0.2, -0.15) is 0 Å². The van der Waals surface area contributed by atoms with E-state index in [4.69, 9.17) is 11.2 Å². The van der Waals surface area contributed by atoms with Crippen molar-refractivity contribution in [2.75, 3.05) is 11.9 Å². The molecule has 1 aromatic rings. The molecule has 0 heterocycles. The van der Waals surface area contributed by atoms with E-state index in [-0.39, 0.29) is 18.4 Å². The average molecular weight is 243 g/mol. The first kappa shape index (κ1) is 12.2. The molecule has 0 spiro atoms. The number of terminal acetylenes is 1. The lowest BCUT2D eigenvalue weighted by Gasteiger charge is -2.05. The van der Waals surface area contributed by atoms with Crippen molar-refractivity contribution in [2.24, 2.45) is 5.92 Å². The predicted molar refractivity (Wildman–Crippen MR) is 66.9 cm³/mol. The van der Waals surface area contributed by atoms with Crippen LogP contribution in [0.3, 0.4) is 0 Å². The van der Waals surface area contributed by atoms with Crippen molar-refractivity contribution in [2.45, 2.75) is 12.8 Å². The molecule has 0 unspecified atom stereocenters. The van der Waals surface area contributed by atoms with E-state index >= 15 is 0 Å². The van der Waals surface area contributed by atoms with Crippen LogP contribution < -0.4 is 5.32 Å². The standard InChI is InChI=1S/C14H13NO3/c1-2-9-18-14(17)11-5-7-12(8-6-11)15-13(16)10-3-4-10/h1,5-8,10H,3-4,9H2,(H,15,16). The third-order valence-corrected chi connectivity index (χ3v) is 2.62. The van der Waals surface area contributed by atoms with E-state index in [1.807, 2.05) is 0 Å². The molecule has 0 atom stereocenters. The highest BCUT2D eigenvalue weighted by atomic mass is 16.5. The fourth-order valence-electron chi connectivity index (χ4n) is 1.47. The van der Waals surface area contributed by atoms with E-state index in [0.29, 0.717) is 11.3 Å². The van der Waals surface area contributed by atoms with Gasteiger partial charge in [0, 0.05) is 11.6 Å². The van der Waals surface area contributed by atoms with Gasteiger partial charge in [0.05, 0.1) is 5.56 Å². The molecule has 1 amide bonds. The number of carbonyl (C=O) groups excluding carboxylic acids is 2. The van der Waals surface area contributed by atoms with Crippen LogP contribution in [0.1, 0.15) is 23.2 Å². The van der Waals surface area contributed by atoms with Crippen LogP contribution in [-0.4, -0.2) is 18.5 Å². The topological polar surface area (TPSA) is 55.4 Å². The zero-order valence-electron chi connectivity index (χ0n) is 9.81. The number of anilines is 1. The van der Waals surface area contributed by atoms with Crippen molar-refractivity contribution < 1.29 is 14.3 Å². The van der Waals surface area contributed by atoms with Crippen LogP contribution in [0.2, 0.25) is 0 Å². The molecular formula is C14H13NO3. The van der Waals surface area contributed by atoms with Gasteiger partial charge in [0.15, 0.2) is 6.61 Å². The summed E-state index contributed by atoms with van der Waals surface area (Å²) in [6.07, 6.45) is 6.91. The van der Waals surface area contributed by atoms with Crippen LogP contribution in [0.5, 0.6) is 0 Å². The summed E-state index contributed by atoms with van der Waals surface area (Å²) in [7, 11) is 0. The zero-order valence-corrected chi connectivity index (χ0v) is 9.81. The van der Waals surface area contributed by atoms with E-state index in [1.165, 1.54) is 0 Å². The summed E-state index contributed by atoms with van der Waals surface area (Å²) in [5.74, 6) is 1.96. The Morgan fingerprint density at radius 2 is 2.00 bits per heavy atom. The predicted octanol–water partition coefficient (Wildman–Crippen LogP) is 1.83. The molecule has 1 saturated carbocycles. The lowest BCUT2D eigenvalue weighted by molar-refractivity contribution is -0.117. The van der Waals surface area contributed by atoms with Gasteiger partial charge in [-0.3, -0.25) is 4.79 Å². The Labute approximate surface area is 105 Å². The molecule has 0 bridgehead atoms. The Morgan fingerprint density at radius 3 is 2.56 bits per heavy atom. The minimum Gasteiger partial charge on any atom is -0.449 e. The number of carbonyl (C=O) groups is 2. The van der Waals surface area contributed by atoms with Gasteiger partial charge in [0.25, 0.3) is 0 Å². The molecule has 0 aromatic heterocycles. The summed E-state index contributed by atoms with van der Waals surface area (Å²) < 4.78 is 4.78. The van der Waals surface area contributed by atoms with Gasteiger partial charge in [0.1, 0.15) is 0 Å². The minimum absolute atomic E-state index is 0.0395. The van der Waals surface area contributed by atoms with Gasteiger partial charge < -0.3 is 10.1 Å². The van der Waals surface area contributed by atoms with Crippen LogP contribution in [0.15, 0.2) is 24.3 Å². The summed E-state index contributed by atoms with van der Waals surface area (Å²) in [5, 5.41) is 2.79. The molecule has 2 rings (SSSR count). The summed E-state index contributed by atoms with van der Waals surface area (Å²) in [4.78, 5) is 23.0. The molecule has 1 N–H and O–H groups in total. The number of benzene rings is 1. The molecule has 0 saturated heterocycles. The first-order valence-electron chi connectivity index (χ1n) is 5.72. The Hall–Kier alpha value is -2.28. The molecule has 1 aliphatic rings. The van der Waals surface area contributed by atoms with Crippen molar-refractivity contribution >= 4 is 17.6 Å². The van der Waals surface area contributed by atoms with E-state index in [1.54, 1.807) is 24.3 Å². The van der Waals surface area contributed by atoms with Crippen molar-refractivity contribution in [3.05, 3.63) is 29.8 Å². The third-order valence-electron chi connectivity index (χ3n) is 2.62. The molecule has 0 aliphatic heterocycles. The monoisotopic (exact) mass is 243 g/mol. The molecule has 92 valence electrons. The molecule has 1 aliphatic carbocycles. The van der Waals surface area contributed by atoms with Crippen molar-refractivity contribution in [1.82, 2.24) is 0 Å². The van der Waals surface area contributed by atoms with E-state index in [0.717, 1.165) is 12.8 Å². The van der Waals surface area contributed by atoms with Crippen molar-refractivity contribution in [3.8, 4) is 12.3 Å². The van der Waals surface area contributed by atoms with E-state index < -0.39 is 5.97 Å². The first-order valence-corrected chi connectivity index (χ1v) is 5.72. The third kappa shape index (κ3) is 3.11. The molecule has 18 heavy (non-hydrogen) atoms. The summed E-state index contributed by atoms with van der Waals surface area (Å²) >= 11 is 0. The Bertz CT molecular complexity index is 495. The molecule has 0 radical (unpaired) electrons. The fourth-order valence-corrected chi connectivity index (χ4v) is 1.47. The van der Waals surface area contributed by atoms with Gasteiger partial charge in [0.2, 0.25) is 5.91 Å². The van der Waals surface area contributed by atoms with Crippen molar-refractivity contribution in [1.29, 1.82) is 0 Å². The van der Waals surface area contributed by atoms with Crippen LogP contribution in [0.25, 0.3) is 0 Å². The average Bonchev–Trinajstić information content (AvgIpc) is 3.21. The van der Waals surface area contributed by atoms with Crippen LogP contribution >= 0.6 is 0 Å². The Morgan fingerprint density at radius 1 is 1.33 bits per heavy atom. The van der Waals surface area contributed by atoms with Gasteiger partial charge in [-0.15, -0.1) is 6.42 Å². The largest absolute Gasteiger partial charge is 0.449 e. The number of amides is 1. The number of hydrogen-bond donors (Lipinski definition) is 1. The molecular weight excluding hydrogens is 230 g/mol. The number of ether oxygens (including phenoxy) is 1. The van der Waals surface area contributed by atoms with Gasteiger partial charge in [-0.25, -0.2) is 4.79 Å². The first-order chi connectivity index (χ1) is 8.70. The summed E-state index contributed by atoms with van der Waals surface area (Å²) in [5.41, 5.74) is 1.09. The quantitative estimate of drug-likeness (QED) is 0.648. The summed E-state index contributed by atoms with van der Waals surface area (Å²) in [6, 6.07) is 6.54. The highest BCUT2D eigenvalue weighted by Gasteiger charge is 2.29. The highest BCUT2D eigenvalue weighted by Crippen LogP contribution is 2.30. The Balaban J connectivity index is 1.94. The van der Waals surface area contributed by atoms with Gasteiger partial charge in [-0.1, -0.05) is 5.92 Å². The molecule has 4 nitrogen and oxygen atoms in total. The lowest BCUT2D eigenvalue weighted by Crippen LogP contribution is -2.13. The maximum atomic E-state index is 11.5. The lowest BCUT2D eigenvalue weighted by atomic mass is 10.2. The number of nitrogens with one attached hydrogen (secondary N) is 1. The fraction of sp³-hybridized carbons (Fsp3) is 0.286. The number of hydrogen-bond acceptors (Lipinski definition) is 3. The molecule has 4 heteroatoms. The van der Waals surface area contributed by atoms with Crippen LogP contribution in [0.4, 0.5) is 5.69 Å². The maximum Gasteiger partial charge on any atom is 0.339 e. The molecule has 1 fully saturated rings. The van der Waals surface area contributed by atoms with E-state index in [2.05, 4.69) is 11.2 Å². The second kappa shape index (κ2) is 5.37. The summed E-state index contributed by atoms with van der Waals surface area (Å²) in [6.45, 7) is -0.0427. The number of esters is 1.